The number of H-pyrrole nitrogens is 1. The predicted molar refractivity (Wildman–Crippen MR) is 105 cm³/mol. The molecule has 28 heavy (non-hydrogen) atoms. The quantitative estimate of drug-likeness (QED) is 0.702. The van der Waals surface area contributed by atoms with Crippen molar-refractivity contribution in [2.75, 3.05) is 12.4 Å². The van der Waals surface area contributed by atoms with E-state index in [1.54, 1.807) is 25.1 Å². The van der Waals surface area contributed by atoms with Gasteiger partial charge in [0.2, 0.25) is 5.95 Å². The van der Waals surface area contributed by atoms with E-state index in [0.29, 0.717) is 22.3 Å². The van der Waals surface area contributed by atoms with E-state index in [9.17, 15) is 9.59 Å². The van der Waals surface area contributed by atoms with Crippen molar-refractivity contribution in [2.45, 2.75) is 26.2 Å². The van der Waals surface area contributed by atoms with Crippen LogP contribution >= 0.6 is 11.6 Å². The number of carbonyl (C=O) groups excluding carboxylic acids is 1. The number of hydrogen-bond donors (Lipinski definition) is 2. The molecule has 0 spiro atoms. The number of halogens is 1. The van der Waals surface area contributed by atoms with E-state index in [2.05, 4.69) is 20.4 Å². The molecular formula is C19H18ClN5O3. The minimum absolute atomic E-state index is 0.167. The summed E-state index contributed by atoms with van der Waals surface area (Å²) in [4.78, 5) is 32.4. The summed E-state index contributed by atoms with van der Waals surface area (Å²) < 4.78 is 6.66. The van der Waals surface area contributed by atoms with Crippen molar-refractivity contribution < 1.29 is 9.53 Å². The van der Waals surface area contributed by atoms with Gasteiger partial charge in [0, 0.05) is 16.7 Å². The first kappa shape index (κ1) is 18.2. The van der Waals surface area contributed by atoms with Gasteiger partial charge < -0.3 is 10.1 Å². The molecule has 0 bridgehead atoms. The first-order chi connectivity index (χ1) is 13.5. The lowest BCUT2D eigenvalue weighted by atomic mass is 10.2. The summed E-state index contributed by atoms with van der Waals surface area (Å²) in [5.41, 5.74) is 2.29. The summed E-state index contributed by atoms with van der Waals surface area (Å²) >= 11 is 6.02. The van der Waals surface area contributed by atoms with Crippen molar-refractivity contribution in [2.24, 2.45) is 0 Å². The number of rotatable bonds is 4. The molecule has 3 aromatic rings. The summed E-state index contributed by atoms with van der Waals surface area (Å²) in [5.74, 6) is 0.635. The molecule has 0 radical (unpaired) electrons. The van der Waals surface area contributed by atoms with Gasteiger partial charge in [0.05, 0.1) is 24.1 Å². The van der Waals surface area contributed by atoms with Crippen LogP contribution in [0.25, 0.3) is 5.95 Å². The average molecular weight is 400 g/mol. The van der Waals surface area contributed by atoms with Gasteiger partial charge in [0.25, 0.3) is 11.5 Å². The van der Waals surface area contributed by atoms with Crippen LogP contribution in [0.1, 0.15) is 33.7 Å². The minimum Gasteiger partial charge on any atom is -0.496 e. The molecule has 0 unspecified atom stereocenters. The lowest BCUT2D eigenvalue weighted by molar-refractivity contribution is 0.102. The standard InChI is InChI=1S/C19H18ClN5O3/c1-10-8-16(22-18(27)13-9-11(20)6-7-15(13)28-2)25(24-10)19-21-14-5-3-4-12(14)17(26)23-19/h6-9H,3-5H2,1-2H3,(H,22,27)(H,21,23,26). The molecule has 4 rings (SSSR count). The Labute approximate surface area is 165 Å². The first-order valence-electron chi connectivity index (χ1n) is 8.80. The van der Waals surface area contributed by atoms with Crippen LogP contribution in [0.15, 0.2) is 29.1 Å². The van der Waals surface area contributed by atoms with Gasteiger partial charge in [0.1, 0.15) is 11.6 Å². The number of carbonyl (C=O) groups is 1. The van der Waals surface area contributed by atoms with Crippen molar-refractivity contribution in [1.29, 1.82) is 0 Å². The topological polar surface area (TPSA) is 102 Å². The molecule has 2 N–H and O–H groups in total. The largest absolute Gasteiger partial charge is 0.496 e. The molecule has 8 nitrogen and oxygen atoms in total. The second-order valence-electron chi connectivity index (χ2n) is 6.55. The molecule has 1 amide bonds. The zero-order valence-corrected chi connectivity index (χ0v) is 16.1. The molecule has 2 aromatic heterocycles. The van der Waals surface area contributed by atoms with Crippen molar-refractivity contribution in [3.05, 3.63) is 62.2 Å². The number of amides is 1. The highest BCUT2D eigenvalue weighted by Gasteiger charge is 2.21. The highest BCUT2D eigenvalue weighted by atomic mass is 35.5. The molecule has 1 aromatic carbocycles. The Kier molecular flexibility index (Phi) is 4.64. The summed E-state index contributed by atoms with van der Waals surface area (Å²) in [6.07, 6.45) is 2.40. The summed E-state index contributed by atoms with van der Waals surface area (Å²) in [6.45, 7) is 1.79. The number of aromatic amines is 1. The van der Waals surface area contributed by atoms with Crippen molar-refractivity contribution in [3.8, 4) is 11.7 Å². The molecule has 2 heterocycles. The molecule has 0 atom stereocenters. The predicted octanol–water partition coefficient (Wildman–Crippen LogP) is 2.67. The highest BCUT2D eigenvalue weighted by Crippen LogP contribution is 2.25. The van der Waals surface area contributed by atoms with Crippen LogP contribution in [-0.2, 0) is 12.8 Å². The number of aromatic nitrogens is 4. The van der Waals surface area contributed by atoms with E-state index in [1.807, 2.05) is 0 Å². The third-order valence-electron chi connectivity index (χ3n) is 4.61. The smallest absolute Gasteiger partial charge is 0.260 e. The van der Waals surface area contributed by atoms with Crippen LogP contribution in [0.3, 0.4) is 0 Å². The van der Waals surface area contributed by atoms with Gasteiger partial charge in [-0.05, 0) is 44.4 Å². The van der Waals surface area contributed by atoms with Crippen molar-refractivity contribution >= 4 is 23.3 Å². The Morgan fingerprint density at radius 3 is 2.93 bits per heavy atom. The van der Waals surface area contributed by atoms with Gasteiger partial charge in [-0.25, -0.2) is 4.98 Å². The van der Waals surface area contributed by atoms with Crippen molar-refractivity contribution in [3.63, 3.8) is 0 Å². The fourth-order valence-corrected chi connectivity index (χ4v) is 3.49. The molecule has 0 saturated heterocycles. The Morgan fingerprint density at radius 1 is 1.32 bits per heavy atom. The molecule has 0 saturated carbocycles. The second-order valence-corrected chi connectivity index (χ2v) is 6.99. The Balaban J connectivity index is 1.72. The van der Waals surface area contributed by atoms with E-state index in [0.717, 1.165) is 30.5 Å². The molecule has 0 aliphatic heterocycles. The Hall–Kier alpha value is -3.13. The van der Waals surface area contributed by atoms with Gasteiger partial charge in [-0.2, -0.15) is 9.78 Å². The van der Waals surface area contributed by atoms with E-state index in [1.165, 1.54) is 17.9 Å². The van der Waals surface area contributed by atoms with Gasteiger partial charge in [0.15, 0.2) is 0 Å². The number of methoxy groups -OCH3 is 1. The van der Waals surface area contributed by atoms with Gasteiger partial charge in [-0.15, -0.1) is 0 Å². The maximum atomic E-state index is 12.8. The number of fused-ring (bicyclic) bond motifs is 1. The number of anilines is 1. The Bertz CT molecular complexity index is 1140. The van der Waals surface area contributed by atoms with Crippen LogP contribution < -0.4 is 15.6 Å². The molecule has 1 aliphatic rings. The van der Waals surface area contributed by atoms with Crippen LogP contribution in [0.2, 0.25) is 5.02 Å². The first-order valence-corrected chi connectivity index (χ1v) is 9.18. The Morgan fingerprint density at radius 2 is 2.14 bits per heavy atom. The summed E-state index contributed by atoms with van der Waals surface area (Å²) in [7, 11) is 1.48. The van der Waals surface area contributed by atoms with E-state index in [4.69, 9.17) is 16.3 Å². The number of benzene rings is 1. The second kappa shape index (κ2) is 7.12. The molecule has 1 aliphatic carbocycles. The monoisotopic (exact) mass is 399 g/mol. The third-order valence-corrected chi connectivity index (χ3v) is 4.84. The van der Waals surface area contributed by atoms with Crippen LogP contribution in [-0.4, -0.2) is 32.8 Å². The average Bonchev–Trinajstić information content (AvgIpc) is 3.28. The van der Waals surface area contributed by atoms with Gasteiger partial charge >= 0.3 is 0 Å². The third kappa shape index (κ3) is 3.27. The number of nitrogens with zero attached hydrogens (tertiary/aromatic N) is 3. The molecular weight excluding hydrogens is 382 g/mol. The SMILES string of the molecule is COc1ccc(Cl)cc1C(=O)Nc1cc(C)nn1-c1nc2c(c(=O)[nH]1)CCC2. The number of ether oxygens (including phenoxy) is 1. The number of nitrogens with one attached hydrogen (secondary N) is 2. The van der Waals surface area contributed by atoms with Crippen molar-refractivity contribution in [1.82, 2.24) is 19.7 Å². The molecule has 144 valence electrons. The maximum Gasteiger partial charge on any atom is 0.260 e. The van der Waals surface area contributed by atoms with Crippen LogP contribution in [0, 0.1) is 6.92 Å². The molecule has 0 fully saturated rings. The molecule has 9 heteroatoms. The lowest BCUT2D eigenvalue weighted by Gasteiger charge is -2.11. The maximum absolute atomic E-state index is 12.8. The minimum atomic E-state index is -0.413. The highest BCUT2D eigenvalue weighted by molar-refractivity contribution is 6.31. The number of aryl methyl sites for hydroxylation is 2. The lowest BCUT2D eigenvalue weighted by Crippen LogP contribution is -2.21. The van der Waals surface area contributed by atoms with E-state index >= 15 is 0 Å². The fraction of sp³-hybridized carbons (Fsp3) is 0.263. The van der Waals surface area contributed by atoms with Crippen LogP contribution in [0.5, 0.6) is 5.75 Å². The van der Waals surface area contributed by atoms with E-state index < -0.39 is 5.91 Å². The van der Waals surface area contributed by atoms with E-state index in [-0.39, 0.29) is 17.1 Å². The normalized spacial score (nSPS) is 12.7. The van der Waals surface area contributed by atoms with Gasteiger partial charge in [-0.1, -0.05) is 11.6 Å². The van der Waals surface area contributed by atoms with Gasteiger partial charge in [-0.3, -0.25) is 14.6 Å². The zero-order chi connectivity index (χ0) is 19.8. The fourth-order valence-electron chi connectivity index (χ4n) is 3.32. The summed E-state index contributed by atoms with van der Waals surface area (Å²) in [5, 5.41) is 7.58. The van der Waals surface area contributed by atoms with Crippen LogP contribution in [0.4, 0.5) is 5.82 Å². The zero-order valence-electron chi connectivity index (χ0n) is 15.4. The summed E-state index contributed by atoms with van der Waals surface area (Å²) in [6, 6.07) is 6.49. The number of hydrogen-bond acceptors (Lipinski definition) is 5.